The molecule has 28 heavy (non-hydrogen) atoms. The first kappa shape index (κ1) is 19.2. The molecule has 0 bridgehead atoms. The molecule has 0 saturated carbocycles. The molecule has 2 aromatic heterocycles. The molecule has 0 spiro atoms. The minimum atomic E-state index is -0.732. The summed E-state index contributed by atoms with van der Waals surface area (Å²) >= 11 is 1.23. The molecule has 0 fully saturated rings. The second-order valence-electron chi connectivity index (χ2n) is 5.32. The fourth-order valence-electron chi connectivity index (χ4n) is 2.23. The zero-order chi connectivity index (χ0) is 19.9. The Balaban J connectivity index is 1.63. The van der Waals surface area contributed by atoms with Crippen LogP contribution in [0.25, 0.3) is 11.3 Å². The highest BCUT2D eigenvalue weighted by Crippen LogP contribution is 2.34. The summed E-state index contributed by atoms with van der Waals surface area (Å²) in [5.41, 5.74) is 1.37. The number of rotatable bonds is 7. The third kappa shape index (κ3) is 4.60. The Bertz CT molecular complexity index is 977. The number of amides is 1. The summed E-state index contributed by atoms with van der Waals surface area (Å²) in [5.74, 6) is 0.0344. The van der Waals surface area contributed by atoms with E-state index in [1.165, 1.54) is 29.9 Å². The molecule has 0 aliphatic carbocycles. The van der Waals surface area contributed by atoms with Crippen molar-refractivity contribution in [1.82, 2.24) is 15.0 Å². The van der Waals surface area contributed by atoms with Gasteiger partial charge in [-0.2, -0.15) is 0 Å². The lowest BCUT2D eigenvalue weighted by atomic mass is 10.1. The Kier molecular flexibility index (Phi) is 6.12. The number of benzene rings is 1. The minimum absolute atomic E-state index is 0.0250. The van der Waals surface area contributed by atoms with E-state index in [0.29, 0.717) is 22.3 Å². The van der Waals surface area contributed by atoms with Crippen LogP contribution in [0.5, 0.6) is 11.5 Å². The summed E-state index contributed by atoms with van der Waals surface area (Å²) in [6, 6.07) is 5.35. The molecule has 0 radical (unpaired) electrons. The number of esters is 1. The molecule has 0 unspecified atom stereocenters. The largest absolute Gasteiger partial charge is 0.497 e. The molecule has 3 aromatic rings. The molecule has 1 N–H and O–H groups in total. The van der Waals surface area contributed by atoms with E-state index in [-0.39, 0.29) is 5.69 Å². The number of hydrogen-bond acceptors (Lipinski definition) is 9. The van der Waals surface area contributed by atoms with Crippen LogP contribution in [-0.4, -0.2) is 47.7 Å². The van der Waals surface area contributed by atoms with Gasteiger partial charge in [-0.3, -0.25) is 15.1 Å². The number of methoxy groups -OCH3 is 2. The van der Waals surface area contributed by atoms with E-state index < -0.39 is 18.5 Å². The highest BCUT2D eigenvalue weighted by atomic mass is 32.1. The van der Waals surface area contributed by atoms with Gasteiger partial charge in [-0.25, -0.2) is 14.8 Å². The van der Waals surface area contributed by atoms with E-state index >= 15 is 0 Å². The normalized spacial score (nSPS) is 10.2. The molecule has 2 heterocycles. The maximum absolute atomic E-state index is 12.0. The fourth-order valence-corrected chi connectivity index (χ4v) is 2.96. The maximum atomic E-state index is 12.0. The van der Waals surface area contributed by atoms with Crippen LogP contribution in [0.4, 0.5) is 5.13 Å². The lowest BCUT2D eigenvalue weighted by Crippen LogP contribution is -2.21. The number of carbonyl (C=O) groups excluding carboxylic acids is 2. The van der Waals surface area contributed by atoms with Crippen molar-refractivity contribution in [2.75, 3.05) is 26.1 Å². The summed E-state index contributed by atoms with van der Waals surface area (Å²) in [6.07, 6.45) is 4.05. The topological polar surface area (TPSA) is 113 Å². The lowest BCUT2D eigenvalue weighted by Gasteiger charge is -2.08. The van der Waals surface area contributed by atoms with Crippen molar-refractivity contribution >= 4 is 28.3 Å². The van der Waals surface area contributed by atoms with Gasteiger partial charge >= 0.3 is 5.97 Å². The Morgan fingerprint density at radius 1 is 1.18 bits per heavy atom. The van der Waals surface area contributed by atoms with Crippen LogP contribution in [0.2, 0.25) is 0 Å². The van der Waals surface area contributed by atoms with E-state index in [1.54, 1.807) is 37.8 Å². The third-order valence-electron chi connectivity index (χ3n) is 3.54. The van der Waals surface area contributed by atoms with Crippen LogP contribution < -0.4 is 14.8 Å². The van der Waals surface area contributed by atoms with Gasteiger partial charge in [-0.05, 0) is 18.2 Å². The molecule has 9 nitrogen and oxygen atoms in total. The van der Waals surface area contributed by atoms with Crippen molar-refractivity contribution < 1.29 is 23.8 Å². The molecule has 1 aromatic carbocycles. The van der Waals surface area contributed by atoms with Gasteiger partial charge in [0.05, 0.1) is 26.1 Å². The second kappa shape index (κ2) is 8.91. The smallest absolute Gasteiger partial charge is 0.359 e. The van der Waals surface area contributed by atoms with Crippen LogP contribution >= 0.6 is 11.3 Å². The predicted molar refractivity (Wildman–Crippen MR) is 102 cm³/mol. The molecule has 0 aliphatic heterocycles. The van der Waals surface area contributed by atoms with Gasteiger partial charge in [0, 0.05) is 23.3 Å². The van der Waals surface area contributed by atoms with Gasteiger partial charge in [0.2, 0.25) is 0 Å². The van der Waals surface area contributed by atoms with Gasteiger partial charge in [0.1, 0.15) is 11.5 Å². The Labute approximate surface area is 164 Å². The number of nitrogens with one attached hydrogen (secondary N) is 1. The summed E-state index contributed by atoms with van der Waals surface area (Å²) in [5, 5.41) is 4.73. The first-order valence-electron chi connectivity index (χ1n) is 8.01. The number of hydrogen-bond donors (Lipinski definition) is 1. The molecular weight excluding hydrogens is 384 g/mol. The van der Waals surface area contributed by atoms with Crippen molar-refractivity contribution in [2.45, 2.75) is 0 Å². The molecule has 0 saturated heterocycles. The Morgan fingerprint density at radius 2 is 2.04 bits per heavy atom. The number of carbonyl (C=O) groups is 2. The van der Waals surface area contributed by atoms with Crippen molar-refractivity contribution in [3.05, 3.63) is 47.9 Å². The van der Waals surface area contributed by atoms with Crippen LogP contribution in [0.3, 0.4) is 0 Å². The number of nitrogens with zero attached hydrogens (tertiary/aromatic N) is 3. The number of ether oxygens (including phenoxy) is 3. The standard InChI is InChI=1S/C18H16N4O5S/c1-25-11-3-4-15(26-2)12(7-11)14-10-28-18(21-14)22-16(23)9-27-17(24)13-8-19-5-6-20-13/h3-8,10H,9H2,1-2H3,(H,21,22,23). The van der Waals surface area contributed by atoms with E-state index in [1.807, 2.05) is 0 Å². The molecule has 10 heteroatoms. The van der Waals surface area contributed by atoms with Crippen LogP contribution in [0.1, 0.15) is 10.5 Å². The first-order chi connectivity index (χ1) is 13.6. The first-order valence-corrected chi connectivity index (χ1v) is 8.89. The van der Waals surface area contributed by atoms with Gasteiger partial charge in [0.15, 0.2) is 17.4 Å². The Hall–Kier alpha value is -3.53. The van der Waals surface area contributed by atoms with Crippen molar-refractivity contribution in [3.63, 3.8) is 0 Å². The van der Waals surface area contributed by atoms with Crippen molar-refractivity contribution in [3.8, 4) is 22.8 Å². The zero-order valence-corrected chi connectivity index (χ0v) is 15.9. The Morgan fingerprint density at radius 3 is 2.75 bits per heavy atom. The average Bonchev–Trinajstić information content (AvgIpc) is 3.20. The molecule has 1 amide bonds. The predicted octanol–water partition coefficient (Wildman–Crippen LogP) is 2.41. The van der Waals surface area contributed by atoms with E-state index in [0.717, 1.165) is 5.56 Å². The van der Waals surface area contributed by atoms with Crippen molar-refractivity contribution in [2.24, 2.45) is 0 Å². The van der Waals surface area contributed by atoms with Crippen LogP contribution in [-0.2, 0) is 9.53 Å². The number of anilines is 1. The SMILES string of the molecule is COc1ccc(OC)c(-c2csc(NC(=O)COC(=O)c3cnccn3)n2)c1. The molecule has 0 aliphatic rings. The fraction of sp³-hybridized carbons (Fsp3) is 0.167. The summed E-state index contributed by atoms with van der Waals surface area (Å²) in [6.45, 7) is -0.465. The van der Waals surface area contributed by atoms with Gasteiger partial charge in [-0.1, -0.05) is 0 Å². The highest BCUT2D eigenvalue weighted by Gasteiger charge is 2.15. The van der Waals surface area contributed by atoms with Gasteiger partial charge in [-0.15, -0.1) is 11.3 Å². The summed E-state index contributed by atoms with van der Waals surface area (Å²) in [7, 11) is 3.13. The molecule has 144 valence electrons. The summed E-state index contributed by atoms with van der Waals surface area (Å²) in [4.78, 5) is 35.7. The van der Waals surface area contributed by atoms with Gasteiger partial charge < -0.3 is 14.2 Å². The van der Waals surface area contributed by atoms with E-state index in [9.17, 15) is 9.59 Å². The van der Waals surface area contributed by atoms with Crippen LogP contribution in [0, 0.1) is 0 Å². The van der Waals surface area contributed by atoms with Crippen molar-refractivity contribution in [1.29, 1.82) is 0 Å². The van der Waals surface area contributed by atoms with E-state index in [2.05, 4.69) is 20.3 Å². The lowest BCUT2D eigenvalue weighted by molar-refractivity contribution is -0.119. The maximum Gasteiger partial charge on any atom is 0.359 e. The quantitative estimate of drug-likeness (QED) is 0.602. The van der Waals surface area contributed by atoms with E-state index in [4.69, 9.17) is 14.2 Å². The zero-order valence-electron chi connectivity index (χ0n) is 15.0. The van der Waals surface area contributed by atoms with Gasteiger partial charge in [0.25, 0.3) is 5.91 Å². The monoisotopic (exact) mass is 400 g/mol. The molecule has 3 rings (SSSR count). The molecular formula is C18H16N4O5S. The summed E-state index contributed by atoms with van der Waals surface area (Å²) < 4.78 is 15.5. The third-order valence-corrected chi connectivity index (χ3v) is 4.30. The molecule has 0 atom stereocenters. The number of aromatic nitrogens is 3. The second-order valence-corrected chi connectivity index (χ2v) is 6.18. The highest BCUT2D eigenvalue weighted by molar-refractivity contribution is 7.14. The average molecular weight is 400 g/mol. The minimum Gasteiger partial charge on any atom is -0.497 e. The number of thiazole rings is 1. The van der Waals surface area contributed by atoms with Crippen LogP contribution in [0.15, 0.2) is 42.2 Å².